The number of rotatable bonds is 3. The van der Waals surface area contributed by atoms with Crippen LogP contribution in [0.15, 0.2) is 0 Å². The number of hydrogen-bond donors (Lipinski definition) is 1. The Morgan fingerprint density at radius 1 is 1.11 bits per heavy atom. The quantitative estimate of drug-likeness (QED) is 0.842. The number of hydrogen-bond acceptors (Lipinski definition) is 3. The fourth-order valence-corrected chi connectivity index (χ4v) is 3.90. The van der Waals surface area contributed by atoms with Gasteiger partial charge in [0.15, 0.2) is 0 Å². The minimum Gasteiger partial charge on any atom is -0.381 e. The van der Waals surface area contributed by atoms with Gasteiger partial charge >= 0.3 is 6.11 Å². The van der Waals surface area contributed by atoms with Gasteiger partial charge in [-0.3, -0.25) is 4.79 Å². The van der Waals surface area contributed by atoms with E-state index >= 15 is 0 Å². The van der Waals surface area contributed by atoms with Crippen molar-refractivity contribution >= 4 is 5.78 Å². The maximum absolute atomic E-state index is 12.6. The van der Waals surface area contributed by atoms with Gasteiger partial charge in [0, 0.05) is 19.1 Å². The average Bonchev–Trinajstić information content (AvgIpc) is 3.06. The second-order valence-corrected chi connectivity index (χ2v) is 6.15. The predicted molar refractivity (Wildman–Crippen MR) is 58.9 cm³/mol. The molecule has 0 amide bonds. The van der Waals surface area contributed by atoms with E-state index in [-0.39, 0.29) is 5.92 Å². The molecule has 5 heteroatoms. The van der Waals surface area contributed by atoms with Crippen molar-refractivity contribution in [3.63, 3.8) is 0 Å². The van der Waals surface area contributed by atoms with Crippen LogP contribution in [0.2, 0.25) is 0 Å². The fraction of sp³-hybridized carbons (Fsp3) is 0.923. The van der Waals surface area contributed by atoms with E-state index in [1.807, 2.05) is 0 Å². The van der Waals surface area contributed by atoms with Crippen molar-refractivity contribution in [2.45, 2.75) is 31.8 Å². The molecule has 3 fully saturated rings. The van der Waals surface area contributed by atoms with Crippen LogP contribution in [-0.2, 0) is 9.53 Å². The molecule has 3 nitrogen and oxygen atoms in total. The molecule has 3 aliphatic rings. The summed E-state index contributed by atoms with van der Waals surface area (Å²) in [7, 11) is 0. The highest BCUT2D eigenvalue weighted by Crippen LogP contribution is 2.53. The third-order valence-corrected chi connectivity index (χ3v) is 4.72. The van der Waals surface area contributed by atoms with Crippen LogP contribution >= 0.6 is 0 Å². The van der Waals surface area contributed by atoms with Gasteiger partial charge in [0.1, 0.15) is 0 Å². The van der Waals surface area contributed by atoms with Crippen LogP contribution in [0.5, 0.6) is 0 Å². The molecule has 0 radical (unpaired) electrons. The zero-order chi connectivity index (χ0) is 12.9. The summed E-state index contributed by atoms with van der Waals surface area (Å²) in [5.74, 6) is -0.385. The highest BCUT2D eigenvalue weighted by Gasteiger charge is 2.55. The van der Waals surface area contributed by atoms with E-state index in [1.54, 1.807) is 0 Å². The summed E-state index contributed by atoms with van der Waals surface area (Å²) < 4.78 is 30.6. The van der Waals surface area contributed by atoms with Gasteiger partial charge < -0.3 is 9.84 Å². The molecule has 3 rings (SSSR count). The first kappa shape index (κ1) is 12.5. The molecule has 1 N–H and O–H groups in total. The molecule has 0 spiro atoms. The van der Waals surface area contributed by atoms with Crippen LogP contribution in [0.3, 0.4) is 0 Å². The molecule has 1 aliphatic heterocycles. The van der Waals surface area contributed by atoms with E-state index in [1.165, 1.54) is 6.42 Å². The Labute approximate surface area is 105 Å². The van der Waals surface area contributed by atoms with Crippen LogP contribution in [-0.4, -0.2) is 30.2 Å². The lowest BCUT2D eigenvalue weighted by atomic mass is 9.72. The summed E-state index contributed by atoms with van der Waals surface area (Å²) in [6.45, 7) is 1.54. The Morgan fingerprint density at radius 3 is 2.28 bits per heavy atom. The molecule has 18 heavy (non-hydrogen) atoms. The number of carbonyl (C=O) groups excluding carboxylic acids is 1. The Morgan fingerprint density at radius 2 is 1.72 bits per heavy atom. The maximum atomic E-state index is 12.6. The van der Waals surface area contributed by atoms with Gasteiger partial charge in [-0.25, -0.2) is 0 Å². The van der Waals surface area contributed by atoms with E-state index in [0.717, 1.165) is 26.1 Å². The highest BCUT2D eigenvalue weighted by atomic mass is 19.3. The second kappa shape index (κ2) is 4.23. The van der Waals surface area contributed by atoms with Gasteiger partial charge in [0.25, 0.3) is 0 Å². The maximum Gasteiger partial charge on any atom is 0.414 e. The van der Waals surface area contributed by atoms with Crippen molar-refractivity contribution in [2.75, 3.05) is 13.2 Å². The van der Waals surface area contributed by atoms with Gasteiger partial charge in [-0.15, -0.1) is 0 Å². The number of ketones is 1. The van der Waals surface area contributed by atoms with Gasteiger partial charge in [-0.2, -0.15) is 8.78 Å². The molecular weight excluding hydrogens is 242 g/mol. The van der Waals surface area contributed by atoms with E-state index in [4.69, 9.17) is 9.84 Å². The van der Waals surface area contributed by atoms with Crippen molar-refractivity contribution in [3.8, 4) is 0 Å². The highest BCUT2D eigenvalue weighted by molar-refractivity contribution is 5.88. The summed E-state index contributed by atoms with van der Waals surface area (Å²) in [4.78, 5) is 11.3. The molecule has 4 atom stereocenters. The van der Waals surface area contributed by atoms with Crippen molar-refractivity contribution < 1.29 is 23.4 Å². The fourth-order valence-electron chi connectivity index (χ4n) is 3.90. The molecular formula is C13H18F2O3. The summed E-state index contributed by atoms with van der Waals surface area (Å²) in [5.41, 5.74) is 0. The molecule has 0 aromatic rings. The van der Waals surface area contributed by atoms with Crippen LogP contribution in [0.25, 0.3) is 0 Å². The molecule has 102 valence electrons. The molecule has 2 bridgehead atoms. The topological polar surface area (TPSA) is 46.5 Å². The molecule has 2 aliphatic carbocycles. The minimum atomic E-state index is -4.15. The van der Waals surface area contributed by atoms with E-state index in [9.17, 15) is 13.6 Å². The number of aliphatic hydroxyl groups is 1. The molecule has 0 aromatic heterocycles. The van der Waals surface area contributed by atoms with Crippen LogP contribution in [0, 0.1) is 29.6 Å². The first-order valence-electron chi connectivity index (χ1n) is 6.67. The molecule has 1 heterocycles. The smallest absolute Gasteiger partial charge is 0.381 e. The van der Waals surface area contributed by atoms with E-state index < -0.39 is 17.8 Å². The number of fused-ring (bicyclic) bond motifs is 2. The first-order chi connectivity index (χ1) is 8.45. The van der Waals surface area contributed by atoms with Gasteiger partial charge in [-0.1, -0.05) is 0 Å². The number of carbonyl (C=O) groups is 1. The molecule has 0 aromatic carbocycles. The molecule has 1 saturated heterocycles. The van der Waals surface area contributed by atoms with Crippen LogP contribution in [0.4, 0.5) is 8.78 Å². The van der Waals surface area contributed by atoms with Crippen LogP contribution in [0.1, 0.15) is 25.7 Å². The zero-order valence-corrected chi connectivity index (χ0v) is 10.1. The zero-order valence-electron chi connectivity index (χ0n) is 10.1. The molecule has 2 saturated carbocycles. The van der Waals surface area contributed by atoms with Crippen molar-refractivity contribution in [3.05, 3.63) is 0 Å². The monoisotopic (exact) mass is 260 g/mol. The Bertz CT molecular complexity index is 341. The normalized spacial score (nSPS) is 43.6. The predicted octanol–water partition coefficient (Wildman–Crippen LogP) is 1.84. The van der Waals surface area contributed by atoms with Crippen molar-refractivity contribution in [2.24, 2.45) is 29.6 Å². The van der Waals surface area contributed by atoms with Gasteiger partial charge in [0.2, 0.25) is 5.78 Å². The SMILES string of the molecule is O=C(C1CC1C1CC2COCC(C2)C1)C(O)(F)F. The summed E-state index contributed by atoms with van der Waals surface area (Å²) in [6.07, 6.45) is -0.463. The summed E-state index contributed by atoms with van der Waals surface area (Å²) in [6, 6.07) is 0. The van der Waals surface area contributed by atoms with Crippen molar-refractivity contribution in [1.29, 1.82) is 0 Å². The Kier molecular flexibility index (Phi) is 2.94. The number of halogens is 2. The lowest BCUT2D eigenvalue weighted by Crippen LogP contribution is -2.35. The lowest BCUT2D eigenvalue weighted by Gasteiger charge is -2.39. The third-order valence-electron chi connectivity index (χ3n) is 4.72. The number of Topliss-reactive ketones (excluding diaryl/α,β-unsaturated/α-hetero) is 1. The summed E-state index contributed by atoms with van der Waals surface area (Å²) in [5, 5.41) is 8.47. The first-order valence-corrected chi connectivity index (χ1v) is 6.67. The largest absolute Gasteiger partial charge is 0.414 e. The van der Waals surface area contributed by atoms with Gasteiger partial charge in [-0.05, 0) is 49.4 Å². The van der Waals surface area contributed by atoms with Crippen molar-refractivity contribution in [1.82, 2.24) is 0 Å². The third kappa shape index (κ3) is 2.30. The number of ether oxygens (including phenoxy) is 1. The Hall–Kier alpha value is -0.550. The Balaban J connectivity index is 1.60. The standard InChI is InChI=1S/C13H18F2O3/c14-13(15,17)12(16)11-4-10(11)9-2-7-1-8(3-9)6-18-5-7/h7-11,17H,1-6H2. The van der Waals surface area contributed by atoms with E-state index in [0.29, 0.717) is 24.2 Å². The van der Waals surface area contributed by atoms with E-state index in [2.05, 4.69) is 0 Å². The lowest BCUT2D eigenvalue weighted by molar-refractivity contribution is -0.204. The minimum absolute atomic E-state index is 0.0684. The second-order valence-electron chi connectivity index (χ2n) is 6.15. The van der Waals surface area contributed by atoms with Gasteiger partial charge in [0.05, 0.1) is 0 Å². The van der Waals surface area contributed by atoms with Crippen LogP contribution < -0.4 is 0 Å². The molecule has 4 unspecified atom stereocenters. The summed E-state index contributed by atoms with van der Waals surface area (Å²) >= 11 is 0. The number of alkyl halides is 2. The average molecular weight is 260 g/mol.